The first kappa shape index (κ1) is 22.7. The first-order valence-electron chi connectivity index (χ1n) is 9.73. The summed E-state index contributed by atoms with van der Waals surface area (Å²) in [5.41, 5.74) is -0.805. The molecule has 0 spiro atoms. The summed E-state index contributed by atoms with van der Waals surface area (Å²) >= 11 is 0. The average Bonchev–Trinajstić information content (AvgIpc) is 3.04. The van der Waals surface area contributed by atoms with Crippen LogP contribution in [0.15, 0.2) is 65.1 Å². The summed E-state index contributed by atoms with van der Waals surface area (Å²) in [6.45, 7) is 5.20. The molecular weight excluding hydrogens is 418 g/mol. The number of carbonyl (C=O) groups excluding carboxylic acids is 2. The van der Waals surface area contributed by atoms with Crippen LogP contribution in [0.5, 0.6) is 0 Å². The van der Waals surface area contributed by atoms with Gasteiger partial charge in [0, 0.05) is 13.0 Å². The zero-order chi connectivity index (χ0) is 23.0. The maximum atomic E-state index is 13.7. The molecule has 2 aromatic rings. The molecule has 0 saturated carbocycles. The van der Waals surface area contributed by atoms with Crippen LogP contribution < -0.4 is 0 Å². The van der Waals surface area contributed by atoms with E-state index in [-0.39, 0.29) is 16.0 Å². The Bertz CT molecular complexity index is 1140. The van der Waals surface area contributed by atoms with Crippen molar-refractivity contribution >= 4 is 27.5 Å². The molecule has 1 heterocycles. The van der Waals surface area contributed by atoms with E-state index in [1.54, 1.807) is 56.3 Å². The Kier molecular flexibility index (Phi) is 6.07. The average molecular weight is 444 g/mol. The molecule has 0 bridgehead atoms. The minimum atomic E-state index is -4.38. The highest BCUT2D eigenvalue weighted by Crippen LogP contribution is 2.48. The molecule has 0 aliphatic carbocycles. The molecule has 8 heteroatoms. The van der Waals surface area contributed by atoms with E-state index in [0.717, 1.165) is 5.56 Å². The number of aryl methyl sites for hydroxylation is 1. The molecule has 0 N–H and O–H groups in total. The van der Waals surface area contributed by atoms with Gasteiger partial charge < -0.3 is 9.47 Å². The predicted octanol–water partition coefficient (Wildman–Crippen LogP) is 3.15. The van der Waals surface area contributed by atoms with E-state index in [1.807, 2.05) is 6.92 Å². The van der Waals surface area contributed by atoms with Crippen molar-refractivity contribution in [3.8, 4) is 0 Å². The van der Waals surface area contributed by atoms with Gasteiger partial charge in [0.15, 0.2) is 5.72 Å². The number of esters is 1. The monoisotopic (exact) mass is 443 g/mol. The summed E-state index contributed by atoms with van der Waals surface area (Å²) in [5, 5.41) is 0. The van der Waals surface area contributed by atoms with Gasteiger partial charge in [-0.1, -0.05) is 61.9 Å². The number of sulfonamides is 1. The first-order valence-corrected chi connectivity index (χ1v) is 11.2. The molecular formula is C23H25NO6S. The molecule has 1 unspecified atom stereocenters. The van der Waals surface area contributed by atoms with Gasteiger partial charge in [-0.05, 0) is 24.6 Å². The third-order valence-electron chi connectivity index (χ3n) is 5.41. The van der Waals surface area contributed by atoms with E-state index in [1.165, 1.54) is 26.4 Å². The van der Waals surface area contributed by atoms with E-state index in [2.05, 4.69) is 0 Å². The molecule has 0 radical (unpaired) electrons. The Morgan fingerprint density at radius 3 is 2.06 bits per heavy atom. The highest BCUT2D eigenvalue weighted by atomic mass is 32.2. The van der Waals surface area contributed by atoms with E-state index < -0.39 is 33.5 Å². The van der Waals surface area contributed by atoms with Crippen LogP contribution in [0.3, 0.4) is 0 Å². The van der Waals surface area contributed by atoms with Gasteiger partial charge in [-0.3, -0.25) is 4.79 Å². The molecule has 7 nitrogen and oxygen atoms in total. The van der Waals surface area contributed by atoms with Crippen molar-refractivity contribution in [2.24, 2.45) is 5.92 Å². The van der Waals surface area contributed by atoms with Gasteiger partial charge in [-0.15, -0.1) is 0 Å². The van der Waals surface area contributed by atoms with Gasteiger partial charge >= 0.3 is 5.97 Å². The lowest BCUT2D eigenvalue weighted by atomic mass is 9.89. The summed E-state index contributed by atoms with van der Waals surface area (Å²) in [6.07, 6.45) is 0. The number of benzene rings is 2. The van der Waals surface area contributed by atoms with Crippen molar-refractivity contribution < 1.29 is 27.5 Å². The number of rotatable bonds is 6. The lowest BCUT2D eigenvalue weighted by molar-refractivity contribution is -0.150. The highest BCUT2D eigenvalue weighted by Gasteiger charge is 2.62. The molecule has 1 aliphatic heterocycles. The van der Waals surface area contributed by atoms with Crippen LogP contribution >= 0.6 is 0 Å². The van der Waals surface area contributed by atoms with Crippen molar-refractivity contribution in [3.63, 3.8) is 0 Å². The van der Waals surface area contributed by atoms with E-state index in [4.69, 9.17) is 9.47 Å². The number of methoxy groups -OCH3 is 2. The zero-order valence-electron chi connectivity index (χ0n) is 18.1. The maximum absolute atomic E-state index is 13.7. The second-order valence-electron chi connectivity index (χ2n) is 7.55. The molecule has 1 atom stereocenters. The third-order valence-corrected chi connectivity index (χ3v) is 7.20. The summed E-state index contributed by atoms with van der Waals surface area (Å²) in [5.74, 6) is -2.27. The Morgan fingerprint density at radius 2 is 1.58 bits per heavy atom. The fraction of sp³-hybridized carbons (Fsp3) is 0.304. The van der Waals surface area contributed by atoms with Crippen molar-refractivity contribution in [1.82, 2.24) is 4.31 Å². The van der Waals surface area contributed by atoms with Crippen LogP contribution in [-0.4, -0.2) is 44.5 Å². The van der Waals surface area contributed by atoms with E-state index >= 15 is 0 Å². The fourth-order valence-corrected chi connectivity index (χ4v) is 5.64. The molecule has 164 valence electrons. The minimum Gasteiger partial charge on any atom is -0.466 e. The molecule has 1 amide bonds. The topological polar surface area (TPSA) is 90.0 Å². The largest absolute Gasteiger partial charge is 0.466 e. The zero-order valence-corrected chi connectivity index (χ0v) is 18.9. The number of hydrogen-bond acceptors (Lipinski definition) is 6. The number of carbonyl (C=O) groups is 2. The quantitative estimate of drug-likeness (QED) is 0.637. The number of hydrogen-bond donors (Lipinski definition) is 0. The van der Waals surface area contributed by atoms with Gasteiger partial charge in [0.2, 0.25) is 0 Å². The van der Waals surface area contributed by atoms with E-state index in [0.29, 0.717) is 9.87 Å². The van der Waals surface area contributed by atoms with Crippen LogP contribution in [0.4, 0.5) is 0 Å². The van der Waals surface area contributed by atoms with Crippen LogP contribution in [0, 0.1) is 12.8 Å². The molecule has 1 aliphatic rings. The molecule has 2 aromatic carbocycles. The number of ether oxygens (including phenoxy) is 2. The lowest BCUT2D eigenvalue weighted by Gasteiger charge is -2.40. The Balaban J connectivity index is 2.37. The summed E-state index contributed by atoms with van der Waals surface area (Å²) < 4.78 is 38.8. The van der Waals surface area contributed by atoms with Crippen molar-refractivity contribution in [2.75, 3.05) is 14.2 Å². The SMILES string of the molecule is COC(=O)C1=C(c2ccccc2)C(=O)N(S(=O)(=O)c2ccc(C)cc2)C1(OC)C(C)C. The van der Waals surface area contributed by atoms with Crippen LogP contribution in [0.1, 0.15) is 25.0 Å². The highest BCUT2D eigenvalue weighted by molar-refractivity contribution is 7.89. The van der Waals surface area contributed by atoms with Crippen LogP contribution in [-0.2, 0) is 29.1 Å². The third kappa shape index (κ3) is 3.45. The second kappa shape index (κ2) is 8.28. The minimum absolute atomic E-state index is 0.0568. The second-order valence-corrected chi connectivity index (χ2v) is 9.34. The van der Waals surface area contributed by atoms with Crippen molar-refractivity contribution in [2.45, 2.75) is 31.4 Å². The van der Waals surface area contributed by atoms with Gasteiger partial charge in [0.25, 0.3) is 15.9 Å². The fourth-order valence-electron chi connectivity index (χ4n) is 3.91. The summed E-state index contributed by atoms with van der Waals surface area (Å²) in [6, 6.07) is 14.6. The van der Waals surface area contributed by atoms with Gasteiger partial charge in [-0.2, -0.15) is 4.31 Å². The Hall–Kier alpha value is -2.97. The molecule has 31 heavy (non-hydrogen) atoms. The van der Waals surface area contributed by atoms with Crippen LogP contribution in [0.2, 0.25) is 0 Å². The van der Waals surface area contributed by atoms with Crippen molar-refractivity contribution in [1.29, 1.82) is 0 Å². The number of amides is 1. The first-order chi connectivity index (χ1) is 14.6. The molecule has 0 aromatic heterocycles. The normalized spacial score (nSPS) is 19.3. The summed E-state index contributed by atoms with van der Waals surface area (Å²) in [7, 11) is -1.92. The van der Waals surface area contributed by atoms with Gasteiger partial charge in [0.1, 0.15) is 5.57 Å². The van der Waals surface area contributed by atoms with Gasteiger partial charge in [0.05, 0.1) is 17.6 Å². The Morgan fingerprint density at radius 1 is 1.00 bits per heavy atom. The van der Waals surface area contributed by atoms with E-state index in [9.17, 15) is 18.0 Å². The molecule has 3 rings (SSSR count). The van der Waals surface area contributed by atoms with Gasteiger partial charge in [-0.25, -0.2) is 13.2 Å². The maximum Gasteiger partial charge on any atom is 0.339 e. The summed E-state index contributed by atoms with van der Waals surface area (Å²) in [4.78, 5) is 26.6. The lowest BCUT2D eigenvalue weighted by Crippen LogP contribution is -2.57. The Labute approximate surface area is 182 Å². The molecule has 0 saturated heterocycles. The van der Waals surface area contributed by atoms with Crippen molar-refractivity contribution in [3.05, 3.63) is 71.3 Å². The standard InChI is InChI=1S/C23H25NO6S/c1-15(2)23(30-5)20(22(26)29-4)19(17-9-7-6-8-10-17)21(25)24(23)31(27,28)18-13-11-16(3)12-14-18/h6-15H,1-5H3. The predicted molar refractivity (Wildman–Crippen MR) is 115 cm³/mol. The molecule has 0 fully saturated rings. The number of nitrogens with zero attached hydrogens (tertiary/aromatic N) is 1. The smallest absolute Gasteiger partial charge is 0.339 e. The van der Waals surface area contributed by atoms with Crippen LogP contribution in [0.25, 0.3) is 5.57 Å².